The summed E-state index contributed by atoms with van der Waals surface area (Å²) in [5, 5.41) is 6.60. The van der Waals surface area contributed by atoms with Crippen LogP contribution in [0.4, 0.5) is 0 Å². The molecule has 0 saturated heterocycles. The van der Waals surface area contributed by atoms with Gasteiger partial charge in [-0.1, -0.05) is 44.2 Å². The predicted octanol–water partition coefficient (Wildman–Crippen LogP) is 2.32. The Hall–Kier alpha value is -2.08. The van der Waals surface area contributed by atoms with Crippen LogP contribution in [0.25, 0.3) is 0 Å². The fraction of sp³-hybridized carbons (Fsp3) is 0.619. The average Bonchev–Trinajstić information content (AvgIpc) is 2.67. The number of carbonyl (C=O) groups excluding carboxylic acids is 1. The lowest BCUT2D eigenvalue weighted by molar-refractivity contribution is -0.127. The highest BCUT2D eigenvalue weighted by Crippen LogP contribution is 2.02. The van der Waals surface area contributed by atoms with E-state index in [2.05, 4.69) is 53.4 Å². The minimum absolute atomic E-state index is 0.0263. The van der Waals surface area contributed by atoms with Gasteiger partial charge in [0.2, 0.25) is 5.91 Å². The third-order valence-electron chi connectivity index (χ3n) is 4.56. The second-order valence-electron chi connectivity index (χ2n) is 7.01. The van der Waals surface area contributed by atoms with Crippen LogP contribution < -0.4 is 10.6 Å². The van der Waals surface area contributed by atoms with Gasteiger partial charge in [0.25, 0.3) is 0 Å². The van der Waals surface area contributed by atoms with Crippen molar-refractivity contribution >= 4 is 11.9 Å². The molecular weight excluding hydrogens is 338 g/mol. The lowest BCUT2D eigenvalue weighted by atomic mass is 10.2. The zero-order valence-electron chi connectivity index (χ0n) is 17.7. The standard InChI is InChI=1S/C21H37N5O/c1-6-26(7-2)15-11-12-18(3)24-21(23-17-20(27)25(4)5)22-16-19-13-9-8-10-14-19/h8-10,13-14,18H,6-7,11-12,15-17H2,1-5H3,(H2,22,23,24). The third-order valence-corrected chi connectivity index (χ3v) is 4.56. The van der Waals surface area contributed by atoms with Crippen LogP contribution in [-0.4, -0.2) is 68.0 Å². The molecule has 0 fully saturated rings. The van der Waals surface area contributed by atoms with Crippen LogP contribution in [-0.2, 0) is 11.3 Å². The van der Waals surface area contributed by atoms with E-state index in [0.29, 0.717) is 12.5 Å². The first-order valence-corrected chi connectivity index (χ1v) is 9.97. The maximum Gasteiger partial charge on any atom is 0.241 e. The first kappa shape index (κ1) is 23.0. The maximum absolute atomic E-state index is 11.9. The predicted molar refractivity (Wildman–Crippen MR) is 114 cm³/mol. The fourth-order valence-corrected chi connectivity index (χ4v) is 2.69. The Morgan fingerprint density at radius 2 is 1.81 bits per heavy atom. The summed E-state index contributed by atoms with van der Waals surface area (Å²) in [5.41, 5.74) is 1.15. The first-order chi connectivity index (χ1) is 13.0. The zero-order chi connectivity index (χ0) is 20.1. The highest BCUT2D eigenvalue weighted by Gasteiger charge is 2.09. The summed E-state index contributed by atoms with van der Waals surface area (Å²) in [6.45, 7) is 10.7. The van der Waals surface area contributed by atoms with Gasteiger partial charge in [0, 0.05) is 20.1 Å². The second kappa shape index (κ2) is 13.1. The zero-order valence-corrected chi connectivity index (χ0v) is 17.7. The van der Waals surface area contributed by atoms with Crippen molar-refractivity contribution in [3.8, 4) is 0 Å². The molecule has 1 aromatic rings. The normalized spacial score (nSPS) is 12.7. The van der Waals surface area contributed by atoms with E-state index in [0.717, 1.165) is 38.0 Å². The number of likely N-dealkylation sites (N-methyl/N-ethyl adjacent to an activating group) is 1. The Bertz CT molecular complexity index is 555. The van der Waals surface area contributed by atoms with Crippen LogP contribution in [0.1, 0.15) is 39.2 Å². The molecule has 0 aliphatic heterocycles. The lowest BCUT2D eigenvalue weighted by Crippen LogP contribution is -2.46. The fourth-order valence-electron chi connectivity index (χ4n) is 2.69. The summed E-state index contributed by atoms with van der Waals surface area (Å²) in [6, 6.07) is 10.4. The van der Waals surface area contributed by atoms with E-state index in [-0.39, 0.29) is 18.5 Å². The van der Waals surface area contributed by atoms with E-state index >= 15 is 0 Å². The molecule has 0 heterocycles. The first-order valence-electron chi connectivity index (χ1n) is 9.97. The van der Waals surface area contributed by atoms with E-state index < -0.39 is 0 Å². The summed E-state index contributed by atoms with van der Waals surface area (Å²) in [5.74, 6) is 0.711. The van der Waals surface area contributed by atoms with Gasteiger partial charge in [-0.3, -0.25) is 4.79 Å². The SMILES string of the molecule is CCN(CC)CCCC(C)NC(=NCc1ccccc1)NCC(=O)N(C)C. The number of benzene rings is 1. The highest BCUT2D eigenvalue weighted by molar-refractivity contribution is 5.86. The summed E-state index contributed by atoms with van der Waals surface area (Å²) < 4.78 is 0. The van der Waals surface area contributed by atoms with Crippen molar-refractivity contribution in [2.45, 2.75) is 46.2 Å². The molecule has 27 heavy (non-hydrogen) atoms. The van der Waals surface area contributed by atoms with Crippen LogP contribution in [0.2, 0.25) is 0 Å². The molecule has 1 amide bonds. The number of guanidine groups is 1. The number of hydrogen-bond donors (Lipinski definition) is 2. The average molecular weight is 376 g/mol. The van der Waals surface area contributed by atoms with Gasteiger partial charge in [0.1, 0.15) is 0 Å². The van der Waals surface area contributed by atoms with Gasteiger partial charge in [0.15, 0.2) is 5.96 Å². The number of hydrogen-bond acceptors (Lipinski definition) is 3. The van der Waals surface area contributed by atoms with E-state index in [4.69, 9.17) is 0 Å². The Kier molecular flexibility index (Phi) is 11.2. The number of aliphatic imine (C=N–C) groups is 1. The summed E-state index contributed by atoms with van der Waals surface area (Å²) in [7, 11) is 3.52. The largest absolute Gasteiger partial charge is 0.354 e. The van der Waals surface area contributed by atoms with Crippen molar-refractivity contribution in [3.63, 3.8) is 0 Å². The van der Waals surface area contributed by atoms with Crippen molar-refractivity contribution < 1.29 is 4.79 Å². The van der Waals surface area contributed by atoms with Crippen molar-refractivity contribution in [1.29, 1.82) is 0 Å². The van der Waals surface area contributed by atoms with Crippen molar-refractivity contribution in [1.82, 2.24) is 20.4 Å². The van der Waals surface area contributed by atoms with Crippen LogP contribution in [0.3, 0.4) is 0 Å². The van der Waals surface area contributed by atoms with Gasteiger partial charge in [0.05, 0.1) is 13.1 Å². The molecular formula is C21H37N5O. The third kappa shape index (κ3) is 9.99. The Balaban J connectivity index is 2.59. The Morgan fingerprint density at radius 3 is 2.41 bits per heavy atom. The molecule has 152 valence electrons. The summed E-state index contributed by atoms with van der Waals surface area (Å²) in [4.78, 5) is 20.6. The molecule has 6 nitrogen and oxygen atoms in total. The lowest BCUT2D eigenvalue weighted by Gasteiger charge is -2.21. The van der Waals surface area contributed by atoms with Crippen molar-refractivity contribution in [2.24, 2.45) is 4.99 Å². The smallest absolute Gasteiger partial charge is 0.241 e. The number of amides is 1. The molecule has 2 N–H and O–H groups in total. The monoisotopic (exact) mass is 375 g/mol. The second-order valence-corrected chi connectivity index (χ2v) is 7.01. The maximum atomic E-state index is 11.9. The molecule has 0 aliphatic rings. The number of nitrogens with zero attached hydrogens (tertiary/aromatic N) is 3. The molecule has 0 bridgehead atoms. The quantitative estimate of drug-likeness (QED) is 0.460. The van der Waals surface area contributed by atoms with Gasteiger partial charge in [-0.25, -0.2) is 4.99 Å². The van der Waals surface area contributed by atoms with E-state index in [9.17, 15) is 4.79 Å². The van der Waals surface area contributed by atoms with Crippen LogP contribution >= 0.6 is 0 Å². The molecule has 0 saturated carbocycles. The summed E-state index contributed by atoms with van der Waals surface area (Å²) in [6.07, 6.45) is 2.20. The molecule has 0 spiro atoms. The number of rotatable bonds is 11. The Labute approximate surface area is 165 Å². The number of nitrogens with one attached hydrogen (secondary N) is 2. The van der Waals surface area contributed by atoms with Crippen molar-refractivity contribution in [3.05, 3.63) is 35.9 Å². The molecule has 1 atom stereocenters. The molecule has 1 unspecified atom stereocenters. The Morgan fingerprint density at radius 1 is 1.15 bits per heavy atom. The van der Waals surface area contributed by atoms with Crippen LogP contribution in [0, 0.1) is 0 Å². The minimum atomic E-state index is 0.0263. The van der Waals surface area contributed by atoms with E-state index in [1.54, 1.807) is 19.0 Å². The molecule has 0 aliphatic carbocycles. The molecule has 0 radical (unpaired) electrons. The van der Waals surface area contributed by atoms with Gasteiger partial charge in [-0.15, -0.1) is 0 Å². The van der Waals surface area contributed by atoms with Crippen molar-refractivity contribution in [2.75, 3.05) is 40.3 Å². The van der Waals surface area contributed by atoms with E-state index in [1.807, 2.05) is 18.2 Å². The molecule has 1 aromatic carbocycles. The van der Waals surface area contributed by atoms with E-state index in [1.165, 1.54) is 0 Å². The minimum Gasteiger partial charge on any atom is -0.354 e. The molecule has 1 rings (SSSR count). The molecule has 0 aromatic heterocycles. The van der Waals surface area contributed by atoms with Crippen LogP contribution in [0.15, 0.2) is 35.3 Å². The molecule has 6 heteroatoms. The summed E-state index contributed by atoms with van der Waals surface area (Å²) >= 11 is 0. The highest BCUT2D eigenvalue weighted by atomic mass is 16.2. The van der Waals surface area contributed by atoms with Gasteiger partial charge in [-0.05, 0) is 45.0 Å². The van der Waals surface area contributed by atoms with Gasteiger partial charge in [-0.2, -0.15) is 0 Å². The van der Waals surface area contributed by atoms with Gasteiger partial charge < -0.3 is 20.4 Å². The van der Waals surface area contributed by atoms with Gasteiger partial charge >= 0.3 is 0 Å². The van der Waals surface area contributed by atoms with Crippen LogP contribution in [0.5, 0.6) is 0 Å². The number of carbonyl (C=O) groups is 1. The topological polar surface area (TPSA) is 60.0 Å².